The van der Waals surface area contributed by atoms with E-state index in [1.807, 2.05) is 12.1 Å². The molecule has 0 saturated carbocycles. The summed E-state index contributed by atoms with van der Waals surface area (Å²) in [6.07, 6.45) is 1.91. The Bertz CT molecular complexity index is 2780. The summed E-state index contributed by atoms with van der Waals surface area (Å²) >= 11 is 0. The third kappa shape index (κ3) is 5.04. The van der Waals surface area contributed by atoms with Crippen molar-refractivity contribution >= 4 is 44.3 Å². The molecule has 0 spiro atoms. The summed E-state index contributed by atoms with van der Waals surface area (Å²) in [4.78, 5) is 5.40. The second kappa shape index (κ2) is 12.4. The van der Waals surface area contributed by atoms with Crippen LogP contribution in [0.3, 0.4) is 0 Å². The van der Waals surface area contributed by atoms with Gasteiger partial charge in [0.25, 0.3) is 0 Å². The van der Waals surface area contributed by atoms with Crippen LogP contribution in [0.4, 0.5) is 0 Å². The van der Waals surface area contributed by atoms with E-state index in [1.165, 1.54) is 11.1 Å². The van der Waals surface area contributed by atoms with Gasteiger partial charge in [-0.25, -0.2) is 4.99 Å². The van der Waals surface area contributed by atoms with Crippen LogP contribution in [0.25, 0.3) is 72.0 Å². The Kier molecular flexibility index (Phi) is 7.17. The van der Waals surface area contributed by atoms with E-state index in [9.17, 15) is 0 Å². The van der Waals surface area contributed by atoms with Crippen molar-refractivity contribution in [2.24, 2.45) is 4.99 Å². The first-order valence-corrected chi connectivity index (χ1v) is 17.7. The Hall–Kier alpha value is -6.91. The van der Waals surface area contributed by atoms with Gasteiger partial charge in [0, 0.05) is 33.7 Å². The van der Waals surface area contributed by atoms with Crippen LogP contribution in [0.1, 0.15) is 17.3 Å². The zero-order valence-electron chi connectivity index (χ0n) is 28.3. The highest BCUT2D eigenvalue weighted by Crippen LogP contribution is 2.45. The molecule has 4 heteroatoms. The van der Waals surface area contributed by atoms with Crippen molar-refractivity contribution in [3.63, 3.8) is 0 Å². The van der Waals surface area contributed by atoms with Gasteiger partial charge in [0.1, 0.15) is 23.3 Å². The molecule has 7 aromatic carbocycles. The molecule has 246 valence electrons. The fourth-order valence-electron chi connectivity index (χ4n) is 7.61. The van der Waals surface area contributed by atoms with Crippen LogP contribution < -0.4 is 5.32 Å². The monoisotopic (exact) mass is 667 g/mol. The number of aliphatic imine (C=N–C) groups is 1. The molecule has 2 aromatic heterocycles. The topological polar surface area (TPSA) is 42.5 Å². The molecule has 52 heavy (non-hydrogen) atoms. The van der Waals surface area contributed by atoms with E-state index in [4.69, 9.17) is 9.41 Å². The van der Waals surface area contributed by atoms with Gasteiger partial charge in [0.05, 0.1) is 16.4 Å². The van der Waals surface area contributed by atoms with Gasteiger partial charge >= 0.3 is 0 Å². The molecular formula is C48H33N3O. The summed E-state index contributed by atoms with van der Waals surface area (Å²) in [5.41, 5.74) is 11.9. The summed E-state index contributed by atoms with van der Waals surface area (Å²) in [6.45, 7) is 0. The summed E-state index contributed by atoms with van der Waals surface area (Å²) < 4.78 is 9.31. The van der Waals surface area contributed by atoms with Gasteiger partial charge in [0.2, 0.25) is 0 Å². The van der Waals surface area contributed by atoms with Gasteiger partial charge in [-0.3, -0.25) is 4.57 Å². The van der Waals surface area contributed by atoms with Crippen LogP contribution in [0, 0.1) is 0 Å². The fraction of sp³-hybridized carbons (Fsp3) is 0.0208. The maximum absolute atomic E-state index is 7.01. The number of hydrogen-bond donors (Lipinski definition) is 1. The van der Waals surface area contributed by atoms with Crippen molar-refractivity contribution in [1.29, 1.82) is 0 Å². The van der Waals surface area contributed by atoms with E-state index in [1.54, 1.807) is 0 Å². The van der Waals surface area contributed by atoms with Crippen LogP contribution in [-0.4, -0.2) is 10.4 Å². The number of fused-ring (bicyclic) bond motifs is 5. The van der Waals surface area contributed by atoms with Gasteiger partial charge in [-0.15, -0.1) is 0 Å². The minimum absolute atomic E-state index is 0.275. The zero-order valence-corrected chi connectivity index (χ0v) is 28.3. The zero-order chi connectivity index (χ0) is 34.4. The highest BCUT2D eigenvalue weighted by atomic mass is 16.3. The lowest BCUT2D eigenvalue weighted by Gasteiger charge is -2.25. The third-order valence-electron chi connectivity index (χ3n) is 10.1. The molecule has 1 N–H and O–H groups in total. The molecule has 0 amide bonds. The Morgan fingerprint density at radius 2 is 1.06 bits per heavy atom. The predicted octanol–water partition coefficient (Wildman–Crippen LogP) is 12.1. The van der Waals surface area contributed by atoms with E-state index in [2.05, 4.69) is 186 Å². The van der Waals surface area contributed by atoms with Gasteiger partial charge in [-0.05, 0) is 46.0 Å². The van der Waals surface area contributed by atoms with Crippen molar-refractivity contribution in [3.05, 3.63) is 199 Å². The second-order valence-electron chi connectivity index (χ2n) is 13.2. The SMILES string of the molecule is C1=C(c2ccc(-c3ccccc3)cc2)NC(c2ccccc2)N=C1n1c2ccccc2c2c3oc(-c4ccccc4)c(-c4ccccc4)c3ccc21. The minimum atomic E-state index is -0.275. The highest BCUT2D eigenvalue weighted by Gasteiger charge is 2.26. The quantitative estimate of drug-likeness (QED) is 0.198. The molecule has 3 heterocycles. The molecule has 0 aliphatic carbocycles. The maximum atomic E-state index is 7.01. The van der Waals surface area contributed by atoms with Crippen LogP contribution in [0.5, 0.6) is 0 Å². The number of nitrogens with zero attached hydrogens (tertiary/aromatic N) is 2. The van der Waals surface area contributed by atoms with Gasteiger partial charge < -0.3 is 9.73 Å². The predicted molar refractivity (Wildman–Crippen MR) is 215 cm³/mol. The van der Waals surface area contributed by atoms with E-state index < -0.39 is 0 Å². The summed E-state index contributed by atoms with van der Waals surface area (Å²) in [7, 11) is 0. The van der Waals surface area contributed by atoms with E-state index in [0.29, 0.717) is 0 Å². The van der Waals surface area contributed by atoms with Gasteiger partial charge in [-0.1, -0.05) is 164 Å². The fourth-order valence-corrected chi connectivity index (χ4v) is 7.61. The normalized spacial score (nSPS) is 14.3. The Morgan fingerprint density at radius 1 is 0.481 bits per heavy atom. The average molecular weight is 668 g/mol. The number of rotatable bonds is 5. The number of para-hydroxylation sites is 1. The largest absolute Gasteiger partial charge is 0.455 e. The van der Waals surface area contributed by atoms with Crippen molar-refractivity contribution in [3.8, 4) is 33.6 Å². The number of nitrogens with one attached hydrogen (secondary N) is 1. The van der Waals surface area contributed by atoms with E-state index in [0.717, 1.165) is 77.9 Å². The molecule has 0 radical (unpaired) electrons. The number of hydrogen-bond acceptors (Lipinski definition) is 3. The van der Waals surface area contributed by atoms with Crippen molar-refractivity contribution in [1.82, 2.24) is 9.88 Å². The molecule has 1 atom stereocenters. The molecule has 10 rings (SSSR count). The first kappa shape index (κ1) is 30.0. The molecule has 1 aliphatic heterocycles. The van der Waals surface area contributed by atoms with Crippen molar-refractivity contribution in [2.75, 3.05) is 0 Å². The Morgan fingerprint density at radius 3 is 1.77 bits per heavy atom. The molecule has 0 saturated heterocycles. The van der Waals surface area contributed by atoms with E-state index >= 15 is 0 Å². The second-order valence-corrected chi connectivity index (χ2v) is 13.2. The lowest BCUT2D eigenvalue weighted by molar-refractivity contribution is 0.636. The lowest BCUT2D eigenvalue weighted by Crippen LogP contribution is -2.27. The van der Waals surface area contributed by atoms with Crippen LogP contribution in [-0.2, 0) is 0 Å². The van der Waals surface area contributed by atoms with Crippen molar-refractivity contribution < 1.29 is 4.42 Å². The summed E-state index contributed by atoms with van der Waals surface area (Å²) in [6, 6.07) is 63.8. The van der Waals surface area contributed by atoms with Gasteiger partial charge in [-0.2, -0.15) is 0 Å². The third-order valence-corrected chi connectivity index (χ3v) is 10.1. The number of aromatic nitrogens is 1. The van der Waals surface area contributed by atoms with E-state index in [-0.39, 0.29) is 6.17 Å². The Balaban J connectivity index is 1.20. The molecule has 1 aliphatic rings. The number of allylic oxidation sites excluding steroid dienone is 1. The Labute approximate surface area is 301 Å². The minimum Gasteiger partial charge on any atom is -0.455 e. The first-order chi connectivity index (χ1) is 25.8. The van der Waals surface area contributed by atoms with Gasteiger partial charge in [0.15, 0.2) is 0 Å². The average Bonchev–Trinajstić information content (AvgIpc) is 3.79. The molecule has 4 nitrogen and oxygen atoms in total. The molecule has 9 aromatic rings. The van der Waals surface area contributed by atoms with Crippen LogP contribution >= 0.6 is 0 Å². The summed E-state index contributed by atoms with van der Waals surface area (Å²) in [5, 5.41) is 7.04. The van der Waals surface area contributed by atoms with Crippen LogP contribution in [0.15, 0.2) is 197 Å². The summed E-state index contributed by atoms with van der Waals surface area (Å²) in [5.74, 6) is 1.73. The molecule has 0 fully saturated rings. The van der Waals surface area contributed by atoms with Crippen LogP contribution in [0.2, 0.25) is 0 Å². The molecular weight excluding hydrogens is 635 g/mol. The number of furan rings is 1. The first-order valence-electron chi connectivity index (χ1n) is 17.7. The smallest absolute Gasteiger partial charge is 0.147 e. The maximum Gasteiger partial charge on any atom is 0.147 e. The van der Waals surface area contributed by atoms with Crippen molar-refractivity contribution in [2.45, 2.75) is 6.17 Å². The number of benzene rings is 7. The standard InChI is InChI=1S/C48H33N3O/c1-5-15-32(16-6-1)33-25-27-34(28-26-33)40-31-43(50-48(49-40)37-21-11-4-12-22-37)51-41-24-14-13-23-38(41)45-42(51)30-29-39-44(35-17-7-2-8-18-35)46(52-47(39)45)36-19-9-3-10-20-36/h1-31,48-49H. The molecule has 1 unspecified atom stereocenters. The lowest BCUT2D eigenvalue weighted by atomic mass is 9.98. The highest BCUT2D eigenvalue weighted by molar-refractivity contribution is 6.26. The molecule has 0 bridgehead atoms.